The summed E-state index contributed by atoms with van der Waals surface area (Å²) in [7, 11) is 0. The molecule has 8 heteroatoms. The minimum Gasteiger partial charge on any atom is -0.273 e. The Bertz CT molecular complexity index is 1290. The standard InChI is InChI=1S/C24H15BrCl2N2O3/c25-20-11-14(8-9-15(20)12-16-4-1-2-7-21(16)27)10-19-22(30)28-24(32)29(23(19)31)18-6-3-5-17(26)13-18/h1-11,13H,12H2,(H,28,30,32)/b19-10+. The molecule has 0 spiro atoms. The van der Waals surface area contributed by atoms with Crippen molar-refractivity contribution >= 4 is 68.7 Å². The summed E-state index contributed by atoms with van der Waals surface area (Å²) in [5.74, 6) is -1.48. The number of nitrogens with one attached hydrogen (secondary N) is 1. The van der Waals surface area contributed by atoms with Gasteiger partial charge >= 0.3 is 6.03 Å². The highest BCUT2D eigenvalue weighted by atomic mass is 79.9. The Kier molecular flexibility index (Phi) is 6.46. The van der Waals surface area contributed by atoms with Crippen LogP contribution in [0.2, 0.25) is 10.0 Å². The zero-order valence-corrected chi connectivity index (χ0v) is 19.5. The van der Waals surface area contributed by atoms with Crippen LogP contribution in [-0.4, -0.2) is 17.8 Å². The molecule has 3 aromatic rings. The molecular weight excluding hydrogens is 515 g/mol. The third-order valence-electron chi connectivity index (χ3n) is 4.89. The summed E-state index contributed by atoms with van der Waals surface area (Å²) in [5.41, 5.74) is 2.72. The topological polar surface area (TPSA) is 66.5 Å². The summed E-state index contributed by atoms with van der Waals surface area (Å²) in [6.07, 6.45) is 2.07. The Labute approximate surface area is 202 Å². The largest absolute Gasteiger partial charge is 0.335 e. The highest BCUT2D eigenvalue weighted by Crippen LogP contribution is 2.28. The Balaban J connectivity index is 1.64. The first-order valence-electron chi connectivity index (χ1n) is 9.52. The van der Waals surface area contributed by atoms with Gasteiger partial charge in [-0.2, -0.15) is 0 Å². The molecule has 3 aromatic carbocycles. The number of hydrogen-bond acceptors (Lipinski definition) is 3. The highest BCUT2D eigenvalue weighted by Gasteiger charge is 2.36. The minimum atomic E-state index is -0.823. The number of urea groups is 1. The molecule has 0 radical (unpaired) electrons. The van der Waals surface area contributed by atoms with Crippen molar-refractivity contribution in [3.8, 4) is 0 Å². The normalized spacial score (nSPS) is 15.3. The molecule has 4 amide bonds. The van der Waals surface area contributed by atoms with Gasteiger partial charge in [0.25, 0.3) is 11.8 Å². The van der Waals surface area contributed by atoms with Crippen molar-refractivity contribution in [2.75, 3.05) is 4.90 Å². The molecule has 0 aliphatic carbocycles. The number of amides is 4. The molecule has 32 heavy (non-hydrogen) atoms. The van der Waals surface area contributed by atoms with Crippen LogP contribution in [-0.2, 0) is 16.0 Å². The van der Waals surface area contributed by atoms with E-state index in [2.05, 4.69) is 21.2 Å². The van der Waals surface area contributed by atoms with E-state index in [1.165, 1.54) is 12.1 Å². The van der Waals surface area contributed by atoms with Crippen molar-refractivity contribution in [3.05, 3.63) is 104 Å². The molecule has 0 atom stereocenters. The van der Waals surface area contributed by atoms with Gasteiger partial charge in [0.2, 0.25) is 0 Å². The second-order valence-electron chi connectivity index (χ2n) is 7.06. The molecule has 1 aliphatic heterocycles. The quantitative estimate of drug-likeness (QED) is 0.332. The van der Waals surface area contributed by atoms with Crippen LogP contribution >= 0.6 is 39.1 Å². The monoisotopic (exact) mass is 528 g/mol. The van der Waals surface area contributed by atoms with Gasteiger partial charge in [-0.1, -0.05) is 75.5 Å². The first-order chi connectivity index (χ1) is 15.3. The predicted octanol–water partition coefficient (Wildman–Crippen LogP) is 6.01. The summed E-state index contributed by atoms with van der Waals surface area (Å²) in [6, 6.07) is 18.6. The number of carbonyl (C=O) groups is 3. The molecule has 1 aliphatic rings. The molecule has 1 N–H and O–H groups in total. The van der Waals surface area contributed by atoms with E-state index in [9.17, 15) is 14.4 Å². The average Bonchev–Trinajstić information content (AvgIpc) is 2.74. The summed E-state index contributed by atoms with van der Waals surface area (Å²) in [4.78, 5) is 38.6. The lowest BCUT2D eigenvalue weighted by Crippen LogP contribution is -2.54. The Morgan fingerprint density at radius 2 is 1.69 bits per heavy atom. The van der Waals surface area contributed by atoms with Gasteiger partial charge in [0.05, 0.1) is 5.69 Å². The van der Waals surface area contributed by atoms with E-state index in [0.717, 1.165) is 20.5 Å². The Morgan fingerprint density at radius 3 is 2.41 bits per heavy atom. The van der Waals surface area contributed by atoms with Gasteiger partial charge in [-0.3, -0.25) is 14.9 Å². The SMILES string of the molecule is O=C1NC(=O)N(c2cccc(Cl)c2)C(=O)/C1=C/c1ccc(Cc2ccccc2Cl)c(Br)c1. The van der Waals surface area contributed by atoms with Crippen molar-refractivity contribution < 1.29 is 14.4 Å². The lowest BCUT2D eigenvalue weighted by molar-refractivity contribution is -0.122. The molecular formula is C24H15BrCl2N2O3. The van der Waals surface area contributed by atoms with E-state index >= 15 is 0 Å². The van der Waals surface area contributed by atoms with E-state index in [0.29, 0.717) is 22.0 Å². The number of rotatable bonds is 4. The van der Waals surface area contributed by atoms with Gasteiger partial charge in [0.15, 0.2) is 0 Å². The zero-order valence-electron chi connectivity index (χ0n) is 16.4. The summed E-state index contributed by atoms with van der Waals surface area (Å²) in [5, 5.41) is 3.25. The van der Waals surface area contributed by atoms with Crippen LogP contribution in [0.25, 0.3) is 6.08 Å². The van der Waals surface area contributed by atoms with Gasteiger partial charge in [-0.05, 0) is 53.1 Å². The number of carbonyl (C=O) groups excluding carboxylic acids is 3. The highest BCUT2D eigenvalue weighted by molar-refractivity contribution is 9.10. The molecule has 160 valence electrons. The van der Waals surface area contributed by atoms with Crippen molar-refractivity contribution in [2.24, 2.45) is 0 Å². The van der Waals surface area contributed by atoms with Crippen molar-refractivity contribution in [1.82, 2.24) is 5.32 Å². The molecule has 1 fully saturated rings. The van der Waals surface area contributed by atoms with Gasteiger partial charge in [-0.25, -0.2) is 9.69 Å². The minimum absolute atomic E-state index is 0.157. The van der Waals surface area contributed by atoms with Gasteiger partial charge in [0.1, 0.15) is 5.57 Å². The van der Waals surface area contributed by atoms with Crippen molar-refractivity contribution in [1.29, 1.82) is 0 Å². The first-order valence-corrected chi connectivity index (χ1v) is 11.1. The van der Waals surface area contributed by atoms with Gasteiger partial charge in [-0.15, -0.1) is 0 Å². The number of halogens is 3. The maximum Gasteiger partial charge on any atom is 0.335 e. The molecule has 4 rings (SSSR count). The molecule has 0 bridgehead atoms. The fourth-order valence-corrected chi connectivity index (χ4v) is 4.24. The zero-order chi connectivity index (χ0) is 22.8. The molecule has 1 heterocycles. The van der Waals surface area contributed by atoms with E-state index in [-0.39, 0.29) is 11.3 Å². The third kappa shape index (κ3) is 4.63. The first kappa shape index (κ1) is 22.3. The number of anilines is 1. The van der Waals surface area contributed by atoms with E-state index in [1.807, 2.05) is 30.3 Å². The van der Waals surface area contributed by atoms with Crippen molar-refractivity contribution in [3.63, 3.8) is 0 Å². The lowest BCUT2D eigenvalue weighted by atomic mass is 10.0. The van der Waals surface area contributed by atoms with E-state index < -0.39 is 17.8 Å². The average molecular weight is 530 g/mol. The number of hydrogen-bond donors (Lipinski definition) is 1. The lowest BCUT2D eigenvalue weighted by Gasteiger charge is -2.26. The smallest absolute Gasteiger partial charge is 0.273 e. The summed E-state index contributed by atoms with van der Waals surface area (Å²) >= 11 is 15.8. The maximum atomic E-state index is 13.0. The number of imide groups is 2. The molecule has 5 nitrogen and oxygen atoms in total. The summed E-state index contributed by atoms with van der Waals surface area (Å²) < 4.78 is 0.804. The van der Waals surface area contributed by atoms with Crippen molar-refractivity contribution in [2.45, 2.75) is 6.42 Å². The Morgan fingerprint density at radius 1 is 0.906 bits per heavy atom. The van der Waals surface area contributed by atoms with Gasteiger partial charge in [0, 0.05) is 20.9 Å². The maximum absolute atomic E-state index is 13.0. The fraction of sp³-hybridized carbons (Fsp3) is 0.0417. The van der Waals surface area contributed by atoms with Crippen LogP contribution in [0.3, 0.4) is 0 Å². The number of nitrogens with zero attached hydrogens (tertiary/aromatic N) is 1. The summed E-state index contributed by atoms with van der Waals surface area (Å²) in [6.45, 7) is 0. The van der Waals surface area contributed by atoms with Crippen LogP contribution in [0, 0.1) is 0 Å². The van der Waals surface area contributed by atoms with Crippen LogP contribution in [0.4, 0.5) is 10.5 Å². The van der Waals surface area contributed by atoms with E-state index in [1.54, 1.807) is 30.3 Å². The van der Waals surface area contributed by atoms with Gasteiger partial charge < -0.3 is 0 Å². The molecule has 0 saturated carbocycles. The fourth-order valence-electron chi connectivity index (χ4n) is 3.32. The molecule has 0 aromatic heterocycles. The van der Waals surface area contributed by atoms with Crippen LogP contribution < -0.4 is 10.2 Å². The van der Waals surface area contributed by atoms with Crippen LogP contribution in [0.15, 0.2) is 76.8 Å². The third-order valence-corrected chi connectivity index (χ3v) is 6.24. The van der Waals surface area contributed by atoms with E-state index in [4.69, 9.17) is 23.2 Å². The molecule has 0 unspecified atom stereocenters. The molecule has 1 saturated heterocycles. The second-order valence-corrected chi connectivity index (χ2v) is 8.75. The Hall–Kier alpha value is -2.93. The number of barbiturate groups is 1. The second kappa shape index (κ2) is 9.28. The number of benzene rings is 3. The van der Waals surface area contributed by atoms with Crippen LogP contribution in [0.1, 0.15) is 16.7 Å². The van der Waals surface area contributed by atoms with Crippen LogP contribution in [0.5, 0.6) is 0 Å². The predicted molar refractivity (Wildman–Crippen MR) is 129 cm³/mol.